The molecular formula is C16H28IN3O2S. The molecule has 23 heavy (non-hydrogen) atoms. The largest absolute Gasteiger partial charge is 0.497 e. The zero-order valence-electron chi connectivity index (χ0n) is 14.7. The first-order valence-electron chi connectivity index (χ1n) is 7.27. The van der Waals surface area contributed by atoms with Gasteiger partial charge in [0, 0.05) is 24.4 Å². The number of halogens is 1. The molecule has 5 nitrogen and oxygen atoms in total. The smallest absolute Gasteiger partial charge is 0.191 e. The Labute approximate surface area is 161 Å². The molecule has 1 aromatic carbocycles. The van der Waals surface area contributed by atoms with Crippen molar-refractivity contribution < 1.29 is 9.47 Å². The molecule has 0 aromatic heterocycles. The van der Waals surface area contributed by atoms with Gasteiger partial charge >= 0.3 is 0 Å². The highest BCUT2D eigenvalue weighted by Gasteiger charge is 2.14. The Morgan fingerprint density at radius 3 is 2.48 bits per heavy atom. The molecule has 0 aliphatic carbocycles. The highest BCUT2D eigenvalue weighted by molar-refractivity contribution is 14.0. The molecule has 0 heterocycles. The first kappa shape index (κ1) is 22.2. The van der Waals surface area contributed by atoms with Gasteiger partial charge in [0.1, 0.15) is 11.5 Å². The van der Waals surface area contributed by atoms with E-state index < -0.39 is 0 Å². The van der Waals surface area contributed by atoms with Crippen molar-refractivity contribution >= 4 is 41.7 Å². The van der Waals surface area contributed by atoms with Gasteiger partial charge in [-0.2, -0.15) is 11.8 Å². The van der Waals surface area contributed by atoms with E-state index in [0.717, 1.165) is 29.6 Å². The van der Waals surface area contributed by atoms with Gasteiger partial charge in [0.15, 0.2) is 5.96 Å². The summed E-state index contributed by atoms with van der Waals surface area (Å²) in [5.74, 6) is 2.41. The number of ether oxygens (including phenoxy) is 2. The molecule has 1 rings (SSSR count). The van der Waals surface area contributed by atoms with Gasteiger partial charge in [0.25, 0.3) is 0 Å². The molecule has 0 aliphatic heterocycles. The van der Waals surface area contributed by atoms with E-state index in [9.17, 15) is 0 Å². The number of methoxy groups -OCH3 is 2. The lowest BCUT2D eigenvalue weighted by atomic mass is 10.1. The number of thioether (sulfide) groups is 1. The molecule has 0 amide bonds. The van der Waals surface area contributed by atoms with E-state index in [1.165, 1.54) is 0 Å². The van der Waals surface area contributed by atoms with Crippen LogP contribution in [0, 0.1) is 0 Å². The Balaban J connectivity index is 0.00000484. The molecule has 132 valence electrons. The van der Waals surface area contributed by atoms with Crippen molar-refractivity contribution in [3.05, 3.63) is 23.8 Å². The summed E-state index contributed by atoms with van der Waals surface area (Å²) in [6.07, 6.45) is 2.10. The fourth-order valence-electron chi connectivity index (χ4n) is 1.98. The molecule has 2 N–H and O–H groups in total. The fraction of sp³-hybridized carbons (Fsp3) is 0.562. The van der Waals surface area contributed by atoms with Crippen LogP contribution in [0.5, 0.6) is 11.5 Å². The molecular weight excluding hydrogens is 425 g/mol. The predicted molar refractivity (Wildman–Crippen MR) is 111 cm³/mol. The second kappa shape index (κ2) is 11.7. The Hall–Kier alpha value is -0.830. The van der Waals surface area contributed by atoms with E-state index in [0.29, 0.717) is 5.25 Å². The van der Waals surface area contributed by atoms with Crippen LogP contribution in [-0.2, 0) is 0 Å². The van der Waals surface area contributed by atoms with Crippen LogP contribution >= 0.6 is 35.7 Å². The first-order valence-corrected chi connectivity index (χ1v) is 8.56. The van der Waals surface area contributed by atoms with Crippen LogP contribution in [0.3, 0.4) is 0 Å². The number of guanidine groups is 1. The van der Waals surface area contributed by atoms with Gasteiger partial charge in [0.2, 0.25) is 0 Å². The maximum Gasteiger partial charge on any atom is 0.191 e. The average Bonchev–Trinajstić information content (AvgIpc) is 2.57. The zero-order chi connectivity index (χ0) is 16.5. The van der Waals surface area contributed by atoms with Gasteiger partial charge in [0.05, 0.1) is 20.3 Å². The minimum absolute atomic E-state index is 0. The van der Waals surface area contributed by atoms with Gasteiger partial charge in [-0.3, -0.25) is 4.99 Å². The van der Waals surface area contributed by atoms with Crippen LogP contribution < -0.4 is 20.1 Å². The lowest BCUT2D eigenvalue weighted by molar-refractivity contribution is 0.394. The topological polar surface area (TPSA) is 54.9 Å². The van der Waals surface area contributed by atoms with Crippen LogP contribution in [0.4, 0.5) is 0 Å². The highest BCUT2D eigenvalue weighted by Crippen LogP contribution is 2.29. The maximum atomic E-state index is 5.44. The van der Waals surface area contributed by atoms with Gasteiger partial charge < -0.3 is 20.1 Å². The molecule has 7 heteroatoms. The van der Waals surface area contributed by atoms with Crippen molar-refractivity contribution in [2.45, 2.75) is 25.1 Å². The summed E-state index contributed by atoms with van der Waals surface area (Å²) in [7, 11) is 5.11. The quantitative estimate of drug-likeness (QED) is 0.377. The third kappa shape index (κ3) is 7.07. The van der Waals surface area contributed by atoms with Crippen molar-refractivity contribution in [1.29, 1.82) is 0 Å². The molecule has 0 radical (unpaired) electrons. The van der Waals surface area contributed by atoms with Crippen LogP contribution in [0.1, 0.15) is 25.5 Å². The van der Waals surface area contributed by atoms with Crippen molar-refractivity contribution in [3.8, 4) is 11.5 Å². The van der Waals surface area contributed by atoms with E-state index in [1.807, 2.05) is 30.0 Å². The number of hydrogen-bond acceptors (Lipinski definition) is 4. The van der Waals surface area contributed by atoms with E-state index in [2.05, 4.69) is 35.7 Å². The molecule has 0 spiro atoms. The Kier molecular flexibility index (Phi) is 11.2. The third-order valence-electron chi connectivity index (χ3n) is 3.44. The third-order valence-corrected chi connectivity index (χ3v) is 4.41. The highest BCUT2D eigenvalue weighted by atomic mass is 127. The number of rotatable bonds is 7. The second-order valence-electron chi connectivity index (χ2n) is 4.97. The summed E-state index contributed by atoms with van der Waals surface area (Å²) in [5, 5.41) is 7.24. The normalized spacial score (nSPS) is 13.6. The Morgan fingerprint density at radius 1 is 1.26 bits per heavy atom. The van der Waals surface area contributed by atoms with Gasteiger partial charge in [-0.1, -0.05) is 6.92 Å². The van der Waals surface area contributed by atoms with Crippen LogP contribution in [0.15, 0.2) is 23.2 Å². The van der Waals surface area contributed by atoms with Crippen LogP contribution in [0.25, 0.3) is 0 Å². The van der Waals surface area contributed by atoms with Gasteiger partial charge in [-0.25, -0.2) is 0 Å². The second-order valence-corrected chi connectivity index (χ2v) is 6.25. The molecule has 0 saturated carbocycles. The summed E-state index contributed by atoms with van der Waals surface area (Å²) < 4.78 is 10.7. The SMILES string of the molecule is CN=C(NCC(C)SC)NC(C)c1cc(OC)ccc1OC.I. The van der Waals surface area contributed by atoms with Crippen molar-refractivity contribution in [1.82, 2.24) is 10.6 Å². The fourth-order valence-corrected chi connectivity index (χ4v) is 2.23. The summed E-state index contributed by atoms with van der Waals surface area (Å²) in [5.41, 5.74) is 1.03. The minimum atomic E-state index is 0. The molecule has 1 aromatic rings. The average molecular weight is 453 g/mol. The molecule has 0 saturated heterocycles. The maximum absolute atomic E-state index is 5.44. The Morgan fingerprint density at radius 2 is 1.96 bits per heavy atom. The summed E-state index contributed by atoms with van der Waals surface area (Å²) in [4.78, 5) is 4.27. The molecule has 2 unspecified atom stereocenters. The molecule has 0 aliphatic rings. The summed E-state index contributed by atoms with van der Waals surface area (Å²) >= 11 is 1.82. The molecule has 2 atom stereocenters. The molecule has 0 bridgehead atoms. The van der Waals surface area contributed by atoms with Crippen molar-refractivity contribution in [3.63, 3.8) is 0 Å². The van der Waals surface area contributed by atoms with E-state index in [-0.39, 0.29) is 30.0 Å². The van der Waals surface area contributed by atoms with E-state index >= 15 is 0 Å². The zero-order valence-corrected chi connectivity index (χ0v) is 17.8. The van der Waals surface area contributed by atoms with Gasteiger partial charge in [-0.05, 0) is 31.4 Å². The van der Waals surface area contributed by atoms with Crippen LogP contribution in [-0.4, -0.2) is 45.3 Å². The van der Waals surface area contributed by atoms with Crippen molar-refractivity contribution in [2.24, 2.45) is 4.99 Å². The lowest BCUT2D eigenvalue weighted by Gasteiger charge is -2.21. The van der Waals surface area contributed by atoms with Crippen LogP contribution in [0.2, 0.25) is 0 Å². The number of nitrogens with one attached hydrogen (secondary N) is 2. The van der Waals surface area contributed by atoms with E-state index in [1.54, 1.807) is 21.3 Å². The molecule has 0 fully saturated rings. The van der Waals surface area contributed by atoms with E-state index in [4.69, 9.17) is 9.47 Å². The first-order chi connectivity index (χ1) is 10.5. The van der Waals surface area contributed by atoms with Crippen molar-refractivity contribution in [2.75, 3.05) is 34.1 Å². The number of benzene rings is 1. The summed E-state index contributed by atoms with van der Waals surface area (Å²) in [6, 6.07) is 5.83. The number of aliphatic imine (C=N–C) groups is 1. The summed E-state index contributed by atoms with van der Waals surface area (Å²) in [6.45, 7) is 5.12. The predicted octanol–water partition coefficient (Wildman–Crippen LogP) is 3.30. The minimum Gasteiger partial charge on any atom is -0.497 e. The Bertz CT molecular complexity index is 500. The number of hydrogen-bond donors (Lipinski definition) is 2. The van der Waals surface area contributed by atoms with Gasteiger partial charge in [-0.15, -0.1) is 24.0 Å². The lowest BCUT2D eigenvalue weighted by Crippen LogP contribution is -2.41. The standard InChI is InChI=1S/C16H27N3O2S.HI/c1-11(22-6)10-18-16(17-3)19-12(2)14-9-13(20-4)7-8-15(14)21-5;/h7-9,11-12H,10H2,1-6H3,(H2,17,18,19);1H. The number of nitrogens with zero attached hydrogens (tertiary/aromatic N) is 1. The monoisotopic (exact) mass is 453 g/mol.